The maximum atomic E-state index is 12.2. The topological polar surface area (TPSA) is 71.5 Å². The van der Waals surface area contributed by atoms with Crippen LogP contribution in [0.4, 0.5) is 4.79 Å². The molecule has 0 bridgehead atoms. The number of pyridine rings is 1. The van der Waals surface area contributed by atoms with Gasteiger partial charge >= 0.3 is 6.09 Å². The van der Waals surface area contributed by atoms with Crippen molar-refractivity contribution in [2.75, 3.05) is 0 Å². The van der Waals surface area contributed by atoms with Gasteiger partial charge in [0, 0.05) is 17.8 Å². The minimum atomic E-state index is -0.615. The van der Waals surface area contributed by atoms with E-state index in [0.717, 1.165) is 33.0 Å². The van der Waals surface area contributed by atoms with Gasteiger partial charge in [0.2, 0.25) is 0 Å². The van der Waals surface area contributed by atoms with Gasteiger partial charge in [-0.2, -0.15) is 0 Å². The normalized spacial score (nSPS) is 13.2. The molecule has 5 heteroatoms. The van der Waals surface area contributed by atoms with Gasteiger partial charge in [0.05, 0.1) is 11.6 Å². The van der Waals surface area contributed by atoms with Crippen molar-refractivity contribution in [3.8, 4) is 11.1 Å². The number of carbonyl (C=O) groups is 1. The Morgan fingerprint density at radius 3 is 2.30 bits per heavy atom. The lowest BCUT2D eigenvalue weighted by molar-refractivity contribution is 0.0470. The van der Waals surface area contributed by atoms with Gasteiger partial charge in [-0.3, -0.25) is 4.98 Å². The van der Waals surface area contributed by atoms with E-state index < -0.39 is 23.3 Å². The summed E-state index contributed by atoms with van der Waals surface area (Å²) in [7, 11) is 0. The number of fused-ring (bicyclic) bond motifs is 1. The van der Waals surface area contributed by atoms with Crippen molar-refractivity contribution in [2.24, 2.45) is 0 Å². The number of carbonyl (C=O) groups excluding carboxylic acids is 1. The van der Waals surface area contributed by atoms with Crippen molar-refractivity contribution in [3.63, 3.8) is 0 Å². The van der Waals surface area contributed by atoms with Crippen molar-refractivity contribution in [2.45, 2.75) is 58.8 Å². The van der Waals surface area contributed by atoms with E-state index in [1.807, 2.05) is 77.1 Å². The molecule has 1 heterocycles. The third-order valence-corrected chi connectivity index (χ3v) is 5.01. The maximum Gasteiger partial charge on any atom is 0.408 e. The summed E-state index contributed by atoms with van der Waals surface area (Å²) in [6.07, 6.45) is 2.48. The number of aliphatic hydroxyl groups is 1. The first-order valence-electron chi connectivity index (χ1n) is 10.1. The fourth-order valence-electron chi connectivity index (χ4n) is 3.59. The maximum absolute atomic E-state index is 12.2. The third kappa shape index (κ3) is 4.79. The first-order valence-corrected chi connectivity index (χ1v) is 10.1. The molecule has 3 aromatic rings. The van der Waals surface area contributed by atoms with Crippen LogP contribution in [0.2, 0.25) is 0 Å². The van der Waals surface area contributed by atoms with Gasteiger partial charge in [-0.1, -0.05) is 36.4 Å². The zero-order valence-corrected chi connectivity index (χ0v) is 18.5. The molecule has 0 aliphatic carbocycles. The molecular formula is C25H30N2O3. The highest BCUT2D eigenvalue weighted by molar-refractivity contribution is 5.91. The molecule has 1 aromatic heterocycles. The SMILES string of the molecule is CC(O)c1c(-c2ccc(C(C)(C)NC(=O)OC(C)(C)C)cc2)ccc2cnccc12. The molecule has 0 radical (unpaired) electrons. The Labute approximate surface area is 178 Å². The van der Waals surface area contributed by atoms with E-state index in [1.165, 1.54) is 0 Å². The van der Waals surface area contributed by atoms with Crippen molar-refractivity contribution in [1.82, 2.24) is 10.3 Å². The van der Waals surface area contributed by atoms with Gasteiger partial charge in [0.25, 0.3) is 0 Å². The van der Waals surface area contributed by atoms with Crippen LogP contribution in [0.15, 0.2) is 54.9 Å². The van der Waals surface area contributed by atoms with Crippen LogP contribution in [0.3, 0.4) is 0 Å². The van der Waals surface area contributed by atoms with Gasteiger partial charge in [-0.25, -0.2) is 4.79 Å². The number of aliphatic hydroxyl groups excluding tert-OH is 1. The fraction of sp³-hybridized carbons (Fsp3) is 0.360. The summed E-state index contributed by atoms with van der Waals surface area (Å²) in [4.78, 5) is 16.4. The van der Waals surface area contributed by atoms with Gasteiger partial charge in [0.15, 0.2) is 0 Å². The lowest BCUT2D eigenvalue weighted by atomic mass is 9.89. The van der Waals surface area contributed by atoms with E-state index in [0.29, 0.717) is 0 Å². The number of rotatable bonds is 4. The zero-order chi connectivity index (χ0) is 22.1. The van der Waals surface area contributed by atoms with Gasteiger partial charge in [0.1, 0.15) is 5.60 Å². The second kappa shape index (κ2) is 8.07. The largest absolute Gasteiger partial charge is 0.444 e. The van der Waals surface area contributed by atoms with Crippen molar-refractivity contribution in [1.29, 1.82) is 0 Å². The second-order valence-electron chi connectivity index (χ2n) is 9.13. The van der Waals surface area contributed by atoms with Crippen LogP contribution in [0.5, 0.6) is 0 Å². The van der Waals surface area contributed by atoms with Crippen LogP contribution >= 0.6 is 0 Å². The van der Waals surface area contributed by atoms with Crippen LogP contribution in [-0.2, 0) is 10.3 Å². The van der Waals surface area contributed by atoms with E-state index in [2.05, 4.69) is 10.3 Å². The van der Waals surface area contributed by atoms with Crippen molar-refractivity contribution in [3.05, 3.63) is 66.0 Å². The van der Waals surface area contributed by atoms with Crippen LogP contribution in [-0.4, -0.2) is 21.8 Å². The van der Waals surface area contributed by atoms with Crippen molar-refractivity contribution >= 4 is 16.9 Å². The van der Waals surface area contributed by atoms with Crippen LogP contribution in [0.1, 0.15) is 58.8 Å². The summed E-state index contributed by atoms with van der Waals surface area (Å²) in [6.45, 7) is 11.2. The molecule has 1 unspecified atom stereocenters. The molecule has 0 fully saturated rings. The lowest BCUT2D eigenvalue weighted by Crippen LogP contribution is -2.43. The lowest BCUT2D eigenvalue weighted by Gasteiger charge is -2.29. The Bertz CT molecular complexity index is 1050. The molecule has 3 rings (SSSR count). The summed E-state index contributed by atoms with van der Waals surface area (Å²) in [5, 5.41) is 15.4. The van der Waals surface area contributed by atoms with E-state index in [1.54, 1.807) is 19.3 Å². The van der Waals surface area contributed by atoms with Crippen LogP contribution in [0.25, 0.3) is 21.9 Å². The Morgan fingerprint density at radius 1 is 1.03 bits per heavy atom. The number of aromatic nitrogens is 1. The number of ether oxygens (including phenoxy) is 1. The fourth-order valence-corrected chi connectivity index (χ4v) is 3.59. The summed E-state index contributed by atoms with van der Waals surface area (Å²) >= 11 is 0. The summed E-state index contributed by atoms with van der Waals surface area (Å²) in [5.74, 6) is 0. The molecule has 2 aromatic carbocycles. The molecule has 1 amide bonds. The minimum absolute atomic E-state index is 0.448. The van der Waals surface area contributed by atoms with Gasteiger partial charge < -0.3 is 15.2 Å². The predicted molar refractivity (Wildman–Crippen MR) is 120 cm³/mol. The van der Waals surface area contributed by atoms with E-state index >= 15 is 0 Å². The molecule has 158 valence electrons. The Morgan fingerprint density at radius 2 is 1.70 bits per heavy atom. The Balaban J connectivity index is 1.92. The average molecular weight is 407 g/mol. The summed E-state index contributed by atoms with van der Waals surface area (Å²) in [5.41, 5.74) is 2.68. The highest BCUT2D eigenvalue weighted by atomic mass is 16.6. The third-order valence-electron chi connectivity index (χ3n) is 5.01. The molecule has 1 atom stereocenters. The molecule has 0 spiro atoms. The number of nitrogens with one attached hydrogen (secondary N) is 1. The monoisotopic (exact) mass is 406 g/mol. The molecule has 0 saturated heterocycles. The molecule has 0 aliphatic heterocycles. The standard InChI is InChI=1S/C25H30N2O3/c1-16(28)22-20(12-9-18-15-26-14-13-21(18)22)17-7-10-19(11-8-17)25(5,6)27-23(29)30-24(2,3)4/h7-16,28H,1-6H3,(H,27,29). The van der Waals surface area contributed by atoms with Gasteiger partial charge in [-0.15, -0.1) is 0 Å². The molecule has 2 N–H and O–H groups in total. The van der Waals surface area contributed by atoms with E-state index in [4.69, 9.17) is 4.74 Å². The first-order chi connectivity index (χ1) is 14.0. The summed E-state index contributed by atoms with van der Waals surface area (Å²) < 4.78 is 5.39. The minimum Gasteiger partial charge on any atom is -0.444 e. The number of alkyl carbamates (subject to hydrolysis) is 1. The Hall–Kier alpha value is -2.92. The zero-order valence-electron chi connectivity index (χ0n) is 18.5. The van der Waals surface area contributed by atoms with E-state index in [9.17, 15) is 9.90 Å². The summed E-state index contributed by atoms with van der Waals surface area (Å²) in [6, 6.07) is 14.0. The molecule has 5 nitrogen and oxygen atoms in total. The molecular weight excluding hydrogens is 376 g/mol. The highest BCUT2D eigenvalue weighted by Gasteiger charge is 2.26. The van der Waals surface area contributed by atoms with E-state index in [-0.39, 0.29) is 0 Å². The number of hydrogen-bond donors (Lipinski definition) is 2. The van der Waals surface area contributed by atoms with Crippen LogP contribution in [0, 0.1) is 0 Å². The Kier molecular flexibility index (Phi) is 5.86. The highest BCUT2D eigenvalue weighted by Crippen LogP contribution is 2.35. The number of nitrogens with zero attached hydrogens (tertiary/aromatic N) is 1. The smallest absolute Gasteiger partial charge is 0.408 e. The predicted octanol–water partition coefficient (Wildman–Crippen LogP) is 5.71. The number of benzene rings is 2. The second-order valence-corrected chi connectivity index (χ2v) is 9.13. The average Bonchev–Trinajstić information content (AvgIpc) is 2.65. The molecule has 0 aliphatic rings. The quantitative estimate of drug-likeness (QED) is 0.582. The molecule has 30 heavy (non-hydrogen) atoms. The van der Waals surface area contributed by atoms with Crippen molar-refractivity contribution < 1.29 is 14.6 Å². The van der Waals surface area contributed by atoms with Gasteiger partial charge in [-0.05, 0) is 75.2 Å². The number of amides is 1. The molecule has 0 saturated carbocycles. The van der Waals surface area contributed by atoms with Crippen LogP contribution < -0.4 is 5.32 Å². The number of hydrogen-bond acceptors (Lipinski definition) is 4. The first kappa shape index (κ1) is 21.8.